The fourth-order valence-electron chi connectivity index (χ4n) is 1.99. The molecule has 1 N–H and O–H groups in total. The van der Waals surface area contributed by atoms with Crippen molar-refractivity contribution in [3.8, 4) is 0 Å². The summed E-state index contributed by atoms with van der Waals surface area (Å²) in [5.41, 5.74) is 0.660. The van der Waals surface area contributed by atoms with Gasteiger partial charge in [-0.05, 0) is 44.0 Å². The Hall–Kier alpha value is -1.00. The van der Waals surface area contributed by atoms with Gasteiger partial charge in [0.05, 0.1) is 12.1 Å². The molecule has 0 spiro atoms. The lowest BCUT2D eigenvalue weighted by Gasteiger charge is -2.19. The van der Waals surface area contributed by atoms with Crippen LogP contribution in [0.2, 0.25) is 0 Å². The second kappa shape index (κ2) is 5.56. The monoisotopic (exact) mass is 251 g/mol. The van der Waals surface area contributed by atoms with Crippen molar-refractivity contribution in [2.75, 3.05) is 6.61 Å². The SMILES string of the molecule is CC(NC(=O)c1ccc(S)cc1)C1CCCO1. The lowest BCUT2D eigenvalue weighted by atomic mass is 10.1. The van der Waals surface area contributed by atoms with Gasteiger partial charge in [0.25, 0.3) is 5.91 Å². The van der Waals surface area contributed by atoms with E-state index in [1.807, 2.05) is 19.1 Å². The standard InChI is InChI=1S/C13H17NO2S/c1-9(12-3-2-8-16-12)14-13(15)10-4-6-11(17)7-5-10/h4-7,9,12,17H,2-3,8H2,1H3,(H,14,15). The molecule has 17 heavy (non-hydrogen) atoms. The van der Waals surface area contributed by atoms with Crippen molar-refractivity contribution >= 4 is 18.5 Å². The zero-order valence-electron chi connectivity index (χ0n) is 9.85. The second-order valence-corrected chi connectivity index (χ2v) is 4.88. The van der Waals surface area contributed by atoms with Gasteiger partial charge in [0.15, 0.2) is 0 Å². The Balaban J connectivity index is 1.94. The van der Waals surface area contributed by atoms with Crippen molar-refractivity contribution in [3.05, 3.63) is 29.8 Å². The molecule has 2 rings (SSSR count). The third-order valence-electron chi connectivity index (χ3n) is 3.01. The first-order valence-corrected chi connectivity index (χ1v) is 6.33. The molecule has 2 atom stereocenters. The van der Waals surface area contributed by atoms with Gasteiger partial charge in [-0.2, -0.15) is 0 Å². The predicted octanol–water partition coefficient (Wildman–Crippen LogP) is 2.27. The molecule has 1 aliphatic rings. The number of carbonyl (C=O) groups excluding carboxylic acids is 1. The number of nitrogens with one attached hydrogen (secondary N) is 1. The van der Waals surface area contributed by atoms with Crippen LogP contribution in [0, 0.1) is 0 Å². The number of thiol groups is 1. The molecule has 1 amide bonds. The normalized spacial score (nSPS) is 21.2. The van der Waals surface area contributed by atoms with Gasteiger partial charge in [0, 0.05) is 17.1 Å². The molecule has 0 saturated carbocycles. The highest BCUT2D eigenvalue weighted by Gasteiger charge is 2.23. The van der Waals surface area contributed by atoms with E-state index in [2.05, 4.69) is 17.9 Å². The Kier molecular flexibility index (Phi) is 4.07. The van der Waals surface area contributed by atoms with E-state index in [1.165, 1.54) is 0 Å². The van der Waals surface area contributed by atoms with Gasteiger partial charge in [-0.3, -0.25) is 4.79 Å². The van der Waals surface area contributed by atoms with Gasteiger partial charge in [0.1, 0.15) is 0 Å². The molecule has 3 nitrogen and oxygen atoms in total. The molecule has 92 valence electrons. The van der Waals surface area contributed by atoms with Crippen LogP contribution in [0.5, 0.6) is 0 Å². The van der Waals surface area contributed by atoms with Crippen LogP contribution in [-0.2, 0) is 4.74 Å². The highest BCUT2D eigenvalue weighted by Crippen LogP contribution is 2.16. The largest absolute Gasteiger partial charge is 0.376 e. The van der Waals surface area contributed by atoms with Crippen molar-refractivity contribution < 1.29 is 9.53 Å². The number of hydrogen-bond acceptors (Lipinski definition) is 3. The van der Waals surface area contributed by atoms with Crippen LogP contribution in [0.1, 0.15) is 30.1 Å². The molecule has 1 saturated heterocycles. The minimum Gasteiger partial charge on any atom is -0.376 e. The van der Waals surface area contributed by atoms with Crippen LogP contribution in [-0.4, -0.2) is 24.7 Å². The van der Waals surface area contributed by atoms with Crippen molar-refractivity contribution in [2.45, 2.75) is 36.8 Å². The van der Waals surface area contributed by atoms with Crippen molar-refractivity contribution in [1.82, 2.24) is 5.32 Å². The molecule has 1 heterocycles. The molecule has 0 aromatic heterocycles. The maximum absolute atomic E-state index is 11.9. The zero-order chi connectivity index (χ0) is 12.3. The molecule has 1 aromatic rings. The number of amides is 1. The number of hydrogen-bond donors (Lipinski definition) is 2. The van der Waals surface area contributed by atoms with E-state index in [9.17, 15) is 4.79 Å². The summed E-state index contributed by atoms with van der Waals surface area (Å²) in [7, 11) is 0. The predicted molar refractivity (Wildman–Crippen MR) is 69.6 cm³/mol. The molecule has 1 aromatic carbocycles. The quantitative estimate of drug-likeness (QED) is 0.809. The topological polar surface area (TPSA) is 38.3 Å². The summed E-state index contributed by atoms with van der Waals surface area (Å²) in [6.45, 7) is 2.79. The Labute approximate surface area is 107 Å². The van der Waals surface area contributed by atoms with Gasteiger partial charge in [-0.1, -0.05) is 0 Å². The summed E-state index contributed by atoms with van der Waals surface area (Å²) in [6, 6.07) is 7.24. The van der Waals surface area contributed by atoms with E-state index in [1.54, 1.807) is 12.1 Å². The third-order valence-corrected chi connectivity index (χ3v) is 3.31. The molecule has 0 bridgehead atoms. The fourth-order valence-corrected chi connectivity index (χ4v) is 2.14. The maximum atomic E-state index is 11.9. The lowest BCUT2D eigenvalue weighted by Crippen LogP contribution is -2.40. The molecule has 2 unspecified atom stereocenters. The smallest absolute Gasteiger partial charge is 0.251 e. The average molecular weight is 251 g/mol. The van der Waals surface area contributed by atoms with Gasteiger partial charge in [0.2, 0.25) is 0 Å². The molecule has 0 aliphatic carbocycles. The summed E-state index contributed by atoms with van der Waals surface area (Å²) in [5.74, 6) is -0.0543. The van der Waals surface area contributed by atoms with Crippen molar-refractivity contribution in [2.24, 2.45) is 0 Å². The van der Waals surface area contributed by atoms with E-state index in [0.29, 0.717) is 5.56 Å². The Bertz CT molecular complexity index is 385. The molecule has 4 heteroatoms. The van der Waals surface area contributed by atoms with Crippen molar-refractivity contribution in [1.29, 1.82) is 0 Å². The van der Waals surface area contributed by atoms with E-state index >= 15 is 0 Å². The molecular weight excluding hydrogens is 234 g/mol. The third kappa shape index (κ3) is 3.23. The summed E-state index contributed by atoms with van der Waals surface area (Å²) in [6.07, 6.45) is 2.26. The average Bonchev–Trinajstić information content (AvgIpc) is 2.83. The maximum Gasteiger partial charge on any atom is 0.251 e. The summed E-state index contributed by atoms with van der Waals surface area (Å²) < 4.78 is 5.54. The summed E-state index contributed by atoms with van der Waals surface area (Å²) in [4.78, 5) is 12.8. The number of benzene rings is 1. The van der Waals surface area contributed by atoms with Crippen LogP contribution < -0.4 is 5.32 Å². The molecule has 0 radical (unpaired) electrons. The fraction of sp³-hybridized carbons (Fsp3) is 0.462. The number of rotatable bonds is 3. The van der Waals surface area contributed by atoms with Gasteiger partial charge in [-0.15, -0.1) is 12.6 Å². The summed E-state index contributed by atoms with van der Waals surface area (Å²) >= 11 is 4.19. The molecular formula is C13H17NO2S. The van der Waals surface area contributed by atoms with Crippen LogP contribution in [0.25, 0.3) is 0 Å². The van der Waals surface area contributed by atoms with E-state index in [0.717, 1.165) is 24.3 Å². The van der Waals surface area contributed by atoms with E-state index < -0.39 is 0 Å². The Morgan fingerprint density at radius 1 is 1.47 bits per heavy atom. The molecule has 1 aliphatic heterocycles. The summed E-state index contributed by atoms with van der Waals surface area (Å²) in [5, 5.41) is 2.97. The minimum absolute atomic E-state index is 0.0543. The Morgan fingerprint density at radius 3 is 2.76 bits per heavy atom. The van der Waals surface area contributed by atoms with Gasteiger partial charge >= 0.3 is 0 Å². The van der Waals surface area contributed by atoms with Gasteiger partial charge in [-0.25, -0.2) is 0 Å². The van der Waals surface area contributed by atoms with Crippen LogP contribution in [0.15, 0.2) is 29.2 Å². The first-order valence-electron chi connectivity index (χ1n) is 5.88. The van der Waals surface area contributed by atoms with Gasteiger partial charge < -0.3 is 10.1 Å². The highest BCUT2D eigenvalue weighted by molar-refractivity contribution is 7.80. The first kappa shape index (κ1) is 12.5. The van der Waals surface area contributed by atoms with Crippen molar-refractivity contribution in [3.63, 3.8) is 0 Å². The first-order chi connectivity index (χ1) is 8.16. The zero-order valence-corrected chi connectivity index (χ0v) is 10.7. The molecule has 1 fully saturated rings. The Morgan fingerprint density at radius 2 is 2.18 bits per heavy atom. The number of ether oxygens (including phenoxy) is 1. The van der Waals surface area contributed by atoms with Crippen LogP contribution in [0.3, 0.4) is 0 Å². The highest BCUT2D eigenvalue weighted by atomic mass is 32.1. The lowest BCUT2D eigenvalue weighted by molar-refractivity contribution is 0.0712. The second-order valence-electron chi connectivity index (χ2n) is 4.36. The van der Waals surface area contributed by atoms with E-state index in [4.69, 9.17) is 4.74 Å². The minimum atomic E-state index is -0.0543. The van der Waals surface area contributed by atoms with Crippen LogP contribution >= 0.6 is 12.6 Å². The number of carbonyl (C=O) groups is 1. The van der Waals surface area contributed by atoms with E-state index in [-0.39, 0.29) is 18.1 Å². The van der Waals surface area contributed by atoms with Crippen LogP contribution in [0.4, 0.5) is 0 Å².